The highest BCUT2D eigenvalue weighted by Gasteiger charge is 2.35. The highest BCUT2D eigenvalue weighted by atomic mass is 16.6. The van der Waals surface area contributed by atoms with Crippen molar-refractivity contribution in [3.8, 4) is 11.5 Å². The van der Waals surface area contributed by atoms with Gasteiger partial charge in [0.05, 0.1) is 18.2 Å². The first-order chi connectivity index (χ1) is 15.4. The van der Waals surface area contributed by atoms with Gasteiger partial charge < -0.3 is 14.2 Å². The van der Waals surface area contributed by atoms with Gasteiger partial charge in [0.2, 0.25) is 0 Å². The number of para-hydroxylation sites is 1. The van der Waals surface area contributed by atoms with Gasteiger partial charge in [-0.2, -0.15) is 0 Å². The van der Waals surface area contributed by atoms with Crippen molar-refractivity contribution in [1.82, 2.24) is 0 Å². The number of hydrogen-bond donors (Lipinski definition) is 0. The Kier molecular flexibility index (Phi) is 5.64. The van der Waals surface area contributed by atoms with Gasteiger partial charge in [-0.3, -0.25) is 9.59 Å². The van der Waals surface area contributed by atoms with Crippen molar-refractivity contribution < 1.29 is 28.6 Å². The number of carbonyl (C=O) groups excluding carboxylic acids is 3. The van der Waals surface area contributed by atoms with Gasteiger partial charge >= 0.3 is 5.97 Å². The lowest BCUT2D eigenvalue weighted by molar-refractivity contribution is -0.139. The summed E-state index contributed by atoms with van der Waals surface area (Å²) in [6.45, 7) is 5.20. The maximum atomic E-state index is 13.3. The maximum Gasteiger partial charge on any atom is 0.333 e. The van der Waals surface area contributed by atoms with Gasteiger partial charge in [0, 0.05) is 22.1 Å². The number of rotatable bonds is 7. The lowest BCUT2D eigenvalue weighted by Crippen LogP contribution is -2.40. The molecule has 0 N–H and O–H groups in total. The molecule has 0 saturated heterocycles. The number of imide groups is 1. The number of methoxy groups -OCH3 is 1. The Labute approximate surface area is 184 Å². The fraction of sp³-hybridized carbons (Fsp3) is 0.160. The van der Waals surface area contributed by atoms with Crippen molar-refractivity contribution in [3.63, 3.8) is 0 Å². The summed E-state index contributed by atoms with van der Waals surface area (Å²) in [7, 11) is 1.51. The maximum absolute atomic E-state index is 13.3. The smallest absolute Gasteiger partial charge is 0.333 e. The minimum absolute atomic E-state index is 0.0244. The van der Waals surface area contributed by atoms with Crippen LogP contribution in [0.3, 0.4) is 0 Å². The van der Waals surface area contributed by atoms with E-state index in [1.54, 1.807) is 55.5 Å². The van der Waals surface area contributed by atoms with E-state index in [9.17, 15) is 14.4 Å². The van der Waals surface area contributed by atoms with Crippen LogP contribution in [0.1, 0.15) is 27.6 Å². The zero-order valence-corrected chi connectivity index (χ0v) is 17.7. The fourth-order valence-corrected chi connectivity index (χ4v) is 3.63. The second-order valence-corrected chi connectivity index (χ2v) is 7.22. The molecule has 7 heteroatoms. The van der Waals surface area contributed by atoms with Crippen molar-refractivity contribution >= 4 is 34.2 Å². The first-order valence-electron chi connectivity index (χ1n) is 9.97. The third-order valence-electron chi connectivity index (χ3n) is 5.11. The van der Waals surface area contributed by atoms with Gasteiger partial charge in [-0.1, -0.05) is 24.8 Å². The van der Waals surface area contributed by atoms with Crippen LogP contribution in [0, 0.1) is 0 Å². The molecule has 3 aromatic rings. The molecule has 0 saturated carbocycles. The van der Waals surface area contributed by atoms with Gasteiger partial charge in [0.15, 0.2) is 0 Å². The van der Waals surface area contributed by atoms with Crippen molar-refractivity contribution in [3.05, 3.63) is 77.9 Å². The Morgan fingerprint density at radius 2 is 1.50 bits per heavy atom. The van der Waals surface area contributed by atoms with E-state index in [0.717, 1.165) is 0 Å². The summed E-state index contributed by atoms with van der Waals surface area (Å²) in [4.78, 5) is 39.3. The third-order valence-corrected chi connectivity index (χ3v) is 5.11. The van der Waals surface area contributed by atoms with Gasteiger partial charge in [-0.05, 0) is 43.3 Å². The van der Waals surface area contributed by atoms with Crippen molar-refractivity contribution in [2.24, 2.45) is 0 Å². The predicted molar refractivity (Wildman–Crippen MR) is 119 cm³/mol. The van der Waals surface area contributed by atoms with Gasteiger partial charge in [0.25, 0.3) is 11.8 Å². The van der Waals surface area contributed by atoms with Crippen molar-refractivity contribution in [1.29, 1.82) is 0 Å². The minimum atomic E-state index is -0.500. The van der Waals surface area contributed by atoms with Crippen molar-refractivity contribution in [2.75, 3.05) is 25.2 Å². The molecule has 162 valence electrons. The Morgan fingerprint density at radius 3 is 2.09 bits per heavy atom. The van der Waals surface area contributed by atoms with E-state index in [2.05, 4.69) is 6.58 Å². The normalized spacial score (nSPS) is 12.6. The first-order valence-corrected chi connectivity index (χ1v) is 9.97. The summed E-state index contributed by atoms with van der Waals surface area (Å²) in [5.41, 5.74) is 1.54. The number of benzene rings is 3. The molecular formula is C25H21NO6. The largest absolute Gasteiger partial charge is 0.496 e. The van der Waals surface area contributed by atoms with Crippen LogP contribution in [0.25, 0.3) is 10.8 Å². The van der Waals surface area contributed by atoms with Crippen LogP contribution < -0.4 is 14.4 Å². The van der Waals surface area contributed by atoms with E-state index in [1.807, 2.05) is 6.07 Å². The van der Waals surface area contributed by atoms with Crippen LogP contribution in [0.2, 0.25) is 0 Å². The molecular weight excluding hydrogens is 410 g/mol. The number of esters is 1. The SMILES string of the molecule is C=C(C)C(=O)OCCOc1ccc2c3c(ccc(OC)c13)C(=O)N(c1ccccc1)C2=O. The summed E-state index contributed by atoms with van der Waals surface area (Å²) < 4.78 is 16.4. The number of hydrogen-bond acceptors (Lipinski definition) is 6. The first kappa shape index (κ1) is 21.1. The second kappa shape index (κ2) is 8.55. The molecule has 1 aliphatic heterocycles. The summed E-state index contributed by atoms with van der Waals surface area (Å²) in [5.74, 6) is -0.459. The summed E-state index contributed by atoms with van der Waals surface area (Å²) in [5, 5.41) is 0.992. The van der Waals surface area contributed by atoms with Crippen LogP contribution in [-0.4, -0.2) is 38.1 Å². The molecule has 3 aromatic carbocycles. The second-order valence-electron chi connectivity index (χ2n) is 7.22. The van der Waals surface area contributed by atoms with Gasteiger partial charge in [0.1, 0.15) is 24.7 Å². The van der Waals surface area contributed by atoms with Crippen LogP contribution in [0.4, 0.5) is 5.69 Å². The molecule has 7 nitrogen and oxygen atoms in total. The van der Waals surface area contributed by atoms with Gasteiger partial charge in [-0.15, -0.1) is 0 Å². The highest BCUT2D eigenvalue weighted by Crippen LogP contribution is 2.41. The quantitative estimate of drug-likeness (QED) is 0.242. The molecule has 32 heavy (non-hydrogen) atoms. The Balaban J connectivity index is 1.74. The Bertz CT molecular complexity index is 1230. The molecule has 1 aliphatic rings. The third kappa shape index (κ3) is 3.58. The molecule has 0 fully saturated rings. The number of amides is 2. The van der Waals surface area contributed by atoms with Crippen LogP contribution in [-0.2, 0) is 9.53 Å². The zero-order valence-electron chi connectivity index (χ0n) is 17.7. The number of carbonyl (C=O) groups is 3. The van der Waals surface area contributed by atoms with E-state index in [-0.39, 0.29) is 13.2 Å². The number of anilines is 1. The van der Waals surface area contributed by atoms with E-state index >= 15 is 0 Å². The molecule has 0 atom stereocenters. The summed E-state index contributed by atoms with van der Waals surface area (Å²) in [6, 6.07) is 15.4. The van der Waals surface area contributed by atoms with Crippen molar-refractivity contribution in [2.45, 2.75) is 6.92 Å². The number of ether oxygens (including phenoxy) is 3. The van der Waals surface area contributed by atoms with Crippen LogP contribution in [0.15, 0.2) is 66.7 Å². The lowest BCUT2D eigenvalue weighted by atomic mass is 9.92. The summed E-state index contributed by atoms with van der Waals surface area (Å²) in [6.07, 6.45) is 0. The molecule has 2 amide bonds. The minimum Gasteiger partial charge on any atom is -0.496 e. The van der Waals surface area contributed by atoms with E-state index in [0.29, 0.717) is 44.7 Å². The molecule has 0 radical (unpaired) electrons. The molecule has 0 aromatic heterocycles. The van der Waals surface area contributed by atoms with Gasteiger partial charge in [-0.25, -0.2) is 9.69 Å². The Morgan fingerprint density at radius 1 is 0.875 bits per heavy atom. The lowest BCUT2D eigenvalue weighted by Gasteiger charge is -2.28. The molecule has 0 unspecified atom stereocenters. The van der Waals surface area contributed by atoms with Crippen LogP contribution in [0.5, 0.6) is 11.5 Å². The van der Waals surface area contributed by atoms with E-state index in [1.165, 1.54) is 12.0 Å². The fourth-order valence-electron chi connectivity index (χ4n) is 3.63. The average Bonchev–Trinajstić information content (AvgIpc) is 2.80. The topological polar surface area (TPSA) is 82.1 Å². The monoisotopic (exact) mass is 431 g/mol. The molecule has 1 heterocycles. The standard InChI is InChI=1S/C25H21NO6/c1-15(2)25(29)32-14-13-31-20-12-10-18-21-17(9-11-19(30-3)22(20)21)23(27)26(24(18)28)16-7-5-4-6-8-16/h4-12H,1,13-14H2,2-3H3. The molecule has 0 bridgehead atoms. The molecule has 4 rings (SSSR count). The predicted octanol–water partition coefficient (Wildman–Crippen LogP) is 4.15. The number of nitrogens with zero attached hydrogens (tertiary/aromatic N) is 1. The van der Waals surface area contributed by atoms with Crippen LogP contribution >= 0.6 is 0 Å². The van der Waals surface area contributed by atoms with E-state index in [4.69, 9.17) is 14.2 Å². The van der Waals surface area contributed by atoms with E-state index < -0.39 is 17.8 Å². The average molecular weight is 431 g/mol. The molecule has 0 spiro atoms. The summed E-state index contributed by atoms with van der Waals surface area (Å²) >= 11 is 0. The highest BCUT2D eigenvalue weighted by molar-refractivity contribution is 6.36. The Hall–Kier alpha value is -4.13. The molecule has 0 aliphatic carbocycles. The zero-order chi connectivity index (χ0) is 22.8.